The van der Waals surface area contributed by atoms with Crippen LogP contribution in [0.15, 0.2) is 65.9 Å². The minimum absolute atomic E-state index is 0.368. The zero-order valence-electron chi connectivity index (χ0n) is 16.6. The molecule has 1 aromatic carbocycles. The van der Waals surface area contributed by atoms with E-state index in [1.54, 1.807) is 36.1 Å². The van der Waals surface area contributed by atoms with Crippen LogP contribution in [0.1, 0.15) is 5.82 Å². The molecule has 0 radical (unpaired) electrons. The van der Waals surface area contributed by atoms with E-state index in [-0.39, 0.29) is 0 Å². The van der Waals surface area contributed by atoms with Crippen LogP contribution in [0.2, 0.25) is 0 Å². The van der Waals surface area contributed by atoms with Crippen molar-refractivity contribution in [2.45, 2.75) is 6.54 Å². The van der Waals surface area contributed by atoms with Gasteiger partial charge in [-0.1, -0.05) is 12.1 Å². The maximum Gasteiger partial charge on any atom is 0.233 e. The lowest BCUT2D eigenvalue weighted by atomic mass is 10.3. The van der Waals surface area contributed by atoms with E-state index in [4.69, 9.17) is 0 Å². The van der Waals surface area contributed by atoms with E-state index in [0.29, 0.717) is 35.4 Å². The molecule has 0 saturated carbocycles. The van der Waals surface area contributed by atoms with E-state index >= 15 is 0 Å². The summed E-state index contributed by atoms with van der Waals surface area (Å²) in [6.07, 6.45) is 5.06. The lowest BCUT2D eigenvalue weighted by molar-refractivity contribution is 0.994. The Hall–Kier alpha value is -4.38. The second-order valence-corrected chi connectivity index (χ2v) is 7.70. The molecule has 32 heavy (non-hydrogen) atoms. The van der Waals surface area contributed by atoms with Gasteiger partial charge in [-0.05, 0) is 29.6 Å². The SMILES string of the molecule is c1cnc(Nc2nc(NCc3nc4ccccc4[nH]3)c3ncn(-c4ccsc4)c3n2)nc1. The standard InChI is InChI=1S/C21H16N10S/c1-2-5-15-14(4-1)26-16(27-15)10-24-18-17-19(31(12-25-17)13-6-9-32-11-13)29-21(28-18)30-20-22-7-3-8-23-20/h1-9,11-12H,10H2,(H,26,27)(H2,22,23,24,28,29,30). The average Bonchev–Trinajstić information content (AvgIpc) is 3.57. The van der Waals surface area contributed by atoms with Crippen LogP contribution in [-0.4, -0.2) is 39.5 Å². The van der Waals surface area contributed by atoms with Crippen LogP contribution in [0.25, 0.3) is 27.9 Å². The smallest absolute Gasteiger partial charge is 0.233 e. The van der Waals surface area contributed by atoms with Crippen molar-refractivity contribution >= 4 is 51.2 Å². The topological polar surface area (TPSA) is 122 Å². The van der Waals surface area contributed by atoms with Crippen molar-refractivity contribution in [3.63, 3.8) is 0 Å². The number of rotatable bonds is 6. The Morgan fingerprint density at radius 2 is 1.84 bits per heavy atom. The zero-order chi connectivity index (χ0) is 21.3. The molecule has 5 aromatic heterocycles. The summed E-state index contributed by atoms with van der Waals surface area (Å²) < 4.78 is 1.93. The van der Waals surface area contributed by atoms with Crippen LogP contribution < -0.4 is 10.6 Å². The monoisotopic (exact) mass is 440 g/mol. The molecule has 0 aliphatic heterocycles. The van der Waals surface area contributed by atoms with Gasteiger partial charge < -0.3 is 10.3 Å². The number of H-pyrrole nitrogens is 1. The fourth-order valence-corrected chi connectivity index (χ4v) is 4.01. The van der Waals surface area contributed by atoms with Crippen molar-refractivity contribution in [1.29, 1.82) is 0 Å². The highest BCUT2D eigenvalue weighted by Gasteiger charge is 2.16. The molecule has 0 saturated heterocycles. The molecule has 0 aliphatic carbocycles. The van der Waals surface area contributed by atoms with Crippen LogP contribution in [0.4, 0.5) is 17.7 Å². The third-order valence-electron chi connectivity index (χ3n) is 4.83. The summed E-state index contributed by atoms with van der Waals surface area (Å²) in [5.41, 5.74) is 4.22. The molecular formula is C21H16N10S. The number of aromatic nitrogens is 8. The fraction of sp³-hybridized carbons (Fsp3) is 0.0476. The predicted octanol–water partition coefficient (Wildman–Crippen LogP) is 3.90. The Morgan fingerprint density at radius 1 is 0.938 bits per heavy atom. The Labute approximate surface area is 185 Å². The lowest BCUT2D eigenvalue weighted by Gasteiger charge is -2.09. The van der Waals surface area contributed by atoms with Crippen molar-refractivity contribution in [1.82, 2.24) is 39.5 Å². The summed E-state index contributed by atoms with van der Waals surface area (Å²) in [6, 6.07) is 11.7. The number of nitrogens with one attached hydrogen (secondary N) is 3. The van der Waals surface area contributed by atoms with Gasteiger partial charge in [-0.25, -0.2) is 19.9 Å². The van der Waals surface area contributed by atoms with Gasteiger partial charge in [0.05, 0.1) is 23.3 Å². The van der Waals surface area contributed by atoms with E-state index in [1.807, 2.05) is 45.7 Å². The minimum atomic E-state index is 0.368. The molecule has 10 nitrogen and oxygen atoms in total. The molecule has 0 aliphatic rings. The molecular weight excluding hydrogens is 424 g/mol. The van der Waals surface area contributed by atoms with Crippen LogP contribution >= 0.6 is 11.3 Å². The molecule has 156 valence electrons. The van der Waals surface area contributed by atoms with E-state index in [1.165, 1.54) is 0 Å². The quantitative estimate of drug-likeness (QED) is 0.356. The normalized spacial score (nSPS) is 11.2. The summed E-state index contributed by atoms with van der Waals surface area (Å²) in [7, 11) is 0. The van der Waals surface area contributed by atoms with Crippen molar-refractivity contribution in [2.75, 3.05) is 10.6 Å². The lowest BCUT2D eigenvalue weighted by Crippen LogP contribution is -2.08. The molecule has 3 N–H and O–H groups in total. The minimum Gasteiger partial charge on any atom is -0.361 e. The van der Waals surface area contributed by atoms with Gasteiger partial charge in [-0.2, -0.15) is 21.3 Å². The van der Waals surface area contributed by atoms with Crippen molar-refractivity contribution in [3.05, 3.63) is 71.7 Å². The number of nitrogens with zero attached hydrogens (tertiary/aromatic N) is 7. The van der Waals surface area contributed by atoms with Gasteiger partial charge in [0, 0.05) is 17.8 Å². The van der Waals surface area contributed by atoms with E-state index in [2.05, 4.69) is 45.5 Å². The number of aromatic amines is 1. The van der Waals surface area contributed by atoms with Crippen LogP contribution in [-0.2, 0) is 6.54 Å². The van der Waals surface area contributed by atoms with Gasteiger partial charge in [0.25, 0.3) is 0 Å². The van der Waals surface area contributed by atoms with Gasteiger partial charge in [-0.15, -0.1) is 0 Å². The van der Waals surface area contributed by atoms with Gasteiger partial charge in [-0.3, -0.25) is 9.88 Å². The molecule has 0 amide bonds. The van der Waals surface area contributed by atoms with Gasteiger partial charge in [0.2, 0.25) is 11.9 Å². The summed E-state index contributed by atoms with van der Waals surface area (Å²) in [5, 5.41) is 10.5. The van der Waals surface area contributed by atoms with Crippen LogP contribution in [0.5, 0.6) is 0 Å². The molecule has 6 rings (SSSR count). The van der Waals surface area contributed by atoms with Gasteiger partial charge >= 0.3 is 0 Å². The van der Waals surface area contributed by atoms with Gasteiger partial charge in [0.15, 0.2) is 17.0 Å². The molecule has 5 heterocycles. The Morgan fingerprint density at radius 3 is 2.69 bits per heavy atom. The number of thiophene rings is 1. The largest absolute Gasteiger partial charge is 0.361 e. The maximum absolute atomic E-state index is 4.68. The molecule has 0 spiro atoms. The molecule has 0 fully saturated rings. The van der Waals surface area contributed by atoms with Crippen LogP contribution in [0, 0.1) is 0 Å². The number of imidazole rings is 2. The zero-order valence-corrected chi connectivity index (χ0v) is 17.4. The third kappa shape index (κ3) is 3.40. The molecule has 6 aromatic rings. The number of anilines is 3. The predicted molar refractivity (Wildman–Crippen MR) is 123 cm³/mol. The summed E-state index contributed by atoms with van der Waals surface area (Å²) in [6.45, 7) is 0.452. The summed E-state index contributed by atoms with van der Waals surface area (Å²) in [5.74, 6) is 2.17. The Bertz CT molecular complexity index is 1470. The molecule has 0 unspecified atom stereocenters. The first-order chi connectivity index (χ1) is 15.8. The Kier molecular flexibility index (Phi) is 4.43. The maximum atomic E-state index is 4.68. The Balaban J connectivity index is 1.39. The van der Waals surface area contributed by atoms with E-state index in [0.717, 1.165) is 22.5 Å². The number of hydrogen-bond acceptors (Lipinski definition) is 9. The number of hydrogen-bond donors (Lipinski definition) is 3. The van der Waals surface area contributed by atoms with E-state index in [9.17, 15) is 0 Å². The second kappa shape index (κ2) is 7.71. The van der Waals surface area contributed by atoms with Crippen molar-refractivity contribution < 1.29 is 0 Å². The summed E-state index contributed by atoms with van der Waals surface area (Å²) >= 11 is 1.61. The van der Waals surface area contributed by atoms with E-state index < -0.39 is 0 Å². The number of fused-ring (bicyclic) bond motifs is 2. The average molecular weight is 440 g/mol. The van der Waals surface area contributed by atoms with Crippen molar-refractivity contribution in [2.24, 2.45) is 0 Å². The highest BCUT2D eigenvalue weighted by atomic mass is 32.1. The fourth-order valence-electron chi connectivity index (χ4n) is 3.38. The number of para-hydroxylation sites is 2. The summed E-state index contributed by atoms with van der Waals surface area (Å²) in [4.78, 5) is 30.2. The molecule has 0 atom stereocenters. The first-order valence-electron chi connectivity index (χ1n) is 9.83. The first-order valence-corrected chi connectivity index (χ1v) is 10.8. The van der Waals surface area contributed by atoms with Gasteiger partial charge in [0.1, 0.15) is 12.2 Å². The third-order valence-corrected chi connectivity index (χ3v) is 5.50. The second-order valence-electron chi connectivity index (χ2n) is 6.92. The van der Waals surface area contributed by atoms with Crippen LogP contribution in [0.3, 0.4) is 0 Å². The molecule has 0 bridgehead atoms. The van der Waals surface area contributed by atoms with Crippen molar-refractivity contribution in [3.8, 4) is 5.69 Å². The highest BCUT2D eigenvalue weighted by Crippen LogP contribution is 2.25. The number of benzene rings is 1. The first kappa shape index (κ1) is 18.4. The molecule has 11 heteroatoms. The highest BCUT2D eigenvalue weighted by molar-refractivity contribution is 7.08.